The molecule has 0 bridgehead atoms. The summed E-state index contributed by atoms with van der Waals surface area (Å²) in [5, 5.41) is 0.314. The average molecular weight is 370 g/mol. The minimum absolute atomic E-state index is 0.0248. The van der Waals surface area contributed by atoms with Crippen LogP contribution in [0.5, 0.6) is 0 Å². The Balaban J connectivity index is 2.27. The fourth-order valence-electron chi connectivity index (χ4n) is 2.04. The lowest BCUT2D eigenvalue weighted by Crippen LogP contribution is -2.31. The molecule has 0 atom stereocenters. The summed E-state index contributed by atoms with van der Waals surface area (Å²) in [6.07, 6.45) is 0. The van der Waals surface area contributed by atoms with Crippen LogP contribution in [0.15, 0.2) is 40.0 Å². The number of hydrogen-bond donors (Lipinski definition) is 3. The Kier molecular flexibility index (Phi) is 5.30. The number of hydrazine groups is 1. The quantitative estimate of drug-likeness (QED) is 0.697. The van der Waals surface area contributed by atoms with Crippen LogP contribution in [-0.4, -0.2) is 25.1 Å². The van der Waals surface area contributed by atoms with Gasteiger partial charge >= 0.3 is 0 Å². The highest BCUT2D eigenvalue weighted by molar-refractivity contribution is 7.91. The minimum Gasteiger partial charge on any atom is -0.326 e. The maximum absolute atomic E-state index is 12.1. The smallest absolute Gasteiger partial charge is 0.269 e. The van der Waals surface area contributed by atoms with E-state index in [1.54, 1.807) is 6.92 Å². The van der Waals surface area contributed by atoms with E-state index < -0.39 is 21.3 Å². The van der Waals surface area contributed by atoms with Crippen LogP contribution in [0, 0.1) is 6.92 Å². The largest absolute Gasteiger partial charge is 0.326 e. The number of carbonyl (C=O) groups is 1. The van der Waals surface area contributed by atoms with Gasteiger partial charge in [0.1, 0.15) is 0 Å². The zero-order chi connectivity index (χ0) is 17.9. The number of benzene rings is 1. The van der Waals surface area contributed by atoms with Crippen LogP contribution in [0.3, 0.4) is 0 Å². The van der Waals surface area contributed by atoms with E-state index in [0.717, 1.165) is 6.07 Å². The molecule has 1 amide bonds. The Morgan fingerprint density at radius 3 is 2.58 bits per heavy atom. The molecule has 9 heteroatoms. The molecule has 1 aromatic heterocycles. The van der Waals surface area contributed by atoms with E-state index in [1.165, 1.54) is 31.2 Å². The second-order valence-corrected chi connectivity index (χ2v) is 7.72. The molecule has 2 aromatic rings. The predicted octanol–water partition coefficient (Wildman–Crippen LogP) is 1.89. The maximum Gasteiger partial charge on any atom is 0.269 e. The molecule has 2 rings (SSSR count). The third-order valence-corrected chi connectivity index (χ3v) is 5.23. The third-order valence-electron chi connectivity index (χ3n) is 3.21. The molecule has 0 fully saturated rings. The number of sulfone groups is 1. The van der Waals surface area contributed by atoms with E-state index >= 15 is 0 Å². The van der Waals surface area contributed by atoms with Crippen molar-refractivity contribution in [2.75, 3.05) is 11.2 Å². The summed E-state index contributed by atoms with van der Waals surface area (Å²) in [6, 6.07) is 6.86. The summed E-state index contributed by atoms with van der Waals surface area (Å²) in [5.41, 5.74) is 5.35. The number of nitrogens with one attached hydrogen (secondary N) is 3. The molecule has 0 radical (unpaired) electrons. The predicted molar refractivity (Wildman–Crippen MR) is 92.1 cm³/mol. The van der Waals surface area contributed by atoms with Crippen molar-refractivity contribution < 1.29 is 13.2 Å². The SMILES string of the molecule is CCS(=O)(=O)c1ccc(Cl)cc1NNC(=O)c1cc(C)[nH]c(=O)c1. The van der Waals surface area contributed by atoms with Crippen molar-refractivity contribution >= 4 is 33.0 Å². The highest BCUT2D eigenvalue weighted by Crippen LogP contribution is 2.25. The number of rotatable bonds is 5. The number of halogens is 1. The molecule has 128 valence electrons. The molecule has 7 nitrogen and oxygen atoms in total. The van der Waals surface area contributed by atoms with Crippen molar-refractivity contribution in [1.82, 2.24) is 10.4 Å². The van der Waals surface area contributed by atoms with Gasteiger partial charge in [-0.2, -0.15) is 0 Å². The van der Waals surface area contributed by atoms with Crippen LogP contribution >= 0.6 is 11.6 Å². The topological polar surface area (TPSA) is 108 Å². The molecule has 1 aromatic carbocycles. The standard InChI is InChI=1S/C15H16ClN3O4S/c1-3-24(22,23)13-5-4-11(16)8-12(13)18-19-15(21)10-6-9(2)17-14(20)7-10/h4-8,18H,3H2,1-2H3,(H,17,20)(H,19,21). The lowest BCUT2D eigenvalue weighted by Gasteiger charge is -2.13. The van der Waals surface area contributed by atoms with E-state index in [-0.39, 0.29) is 21.9 Å². The summed E-state index contributed by atoms with van der Waals surface area (Å²) < 4.78 is 24.2. The van der Waals surface area contributed by atoms with E-state index in [9.17, 15) is 18.0 Å². The van der Waals surface area contributed by atoms with Crippen molar-refractivity contribution in [3.8, 4) is 0 Å². The first-order chi connectivity index (χ1) is 11.2. The van der Waals surface area contributed by atoms with E-state index in [4.69, 9.17) is 11.6 Å². The first kappa shape index (κ1) is 18.0. The van der Waals surface area contributed by atoms with E-state index in [2.05, 4.69) is 15.8 Å². The fraction of sp³-hybridized carbons (Fsp3) is 0.200. The number of H-pyrrole nitrogens is 1. The Morgan fingerprint density at radius 2 is 1.96 bits per heavy atom. The molecule has 1 heterocycles. The minimum atomic E-state index is -3.50. The Hall–Kier alpha value is -2.32. The van der Waals surface area contributed by atoms with Crippen LogP contribution < -0.4 is 16.4 Å². The average Bonchev–Trinajstić information content (AvgIpc) is 2.51. The Morgan fingerprint density at radius 1 is 1.25 bits per heavy atom. The van der Waals surface area contributed by atoms with E-state index in [1.807, 2.05) is 0 Å². The van der Waals surface area contributed by atoms with Crippen molar-refractivity contribution in [2.45, 2.75) is 18.7 Å². The number of aryl methyl sites for hydroxylation is 1. The van der Waals surface area contributed by atoms with Gasteiger partial charge in [-0.15, -0.1) is 0 Å². The van der Waals surface area contributed by atoms with Crippen LogP contribution in [0.1, 0.15) is 23.0 Å². The van der Waals surface area contributed by atoms with Gasteiger partial charge in [0.15, 0.2) is 9.84 Å². The first-order valence-corrected chi connectivity index (χ1v) is 9.05. The molecule has 0 spiro atoms. The lowest BCUT2D eigenvalue weighted by atomic mass is 10.2. The Bertz CT molecular complexity index is 938. The Labute approximate surface area is 143 Å². The highest BCUT2D eigenvalue weighted by Gasteiger charge is 2.17. The molecule has 24 heavy (non-hydrogen) atoms. The summed E-state index contributed by atoms with van der Waals surface area (Å²) in [5.74, 6) is -0.672. The fourth-order valence-corrected chi connectivity index (χ4v) is 3.24. The molecule has 0 saturated carbocycles. The number of pyridine rings is 1. The molecule has 0 aliphatic rings. The number of hydrogen-bond acceptors (Lipinski definition) is 5. The van der Waals surface area contributed by atoms with Crippen LogP contribution in [-0.2, 0) is 9.84 Å². The van der Waals surface area contributed by atoms with Crippen LogP contribution in [0.25, 0.3) is 0 Å². The summed E-state index contributed by atoms with van der Waals surface area (Å²) in [6.45, 7) is 3.17. The second-order valence-electron chi connectivity index (χ2n) is 5.04. The van der Waals surface area contributed by atoms with Crippen LogP contribution in [0.4, 0.5) is 5.69 Å². The van der Waals surface area contributed by atoms with E-state index in [0.29, 0.717) is 10.7 Å². The third kappa shape index (κ3) is 4.15. The number of aromatic nitrogens is 1. The number of amides is 1. The lowest BCUT2D eigenvalue weighted by molar-refractivity contribution is 0.0962. The van der Waals surface area contributed by atoms with Crippen molar-refractivity contribution in [3.63, 3.8) is 0 Å². The molecule has 3 N–H and O–H groups in total. The maximum atomic E-state index is 12.1. The van der Waals surface area contributed by atoms with Gasteiger partial charge in [0.25, 0.3) is 5.91 Å². The summed E-state index contributed by atoms with van der Waals surface area (Å²) in [4.78, 5) is 26.1. The van der Waals surface area contributed by atoms with Gasteiger partial charge in [0.05, 0.1) is 16.3 Å². The highest BCUT2D eigenvalue weighted by atomic mass is 35.5. The van der Waals surface area contributed by atoms with Gasteiger partial charge in [0.2, 0.25) is 5.56 Å². The molecule has 0 aliphatic carbocycles. The van der Waals surface area contributed by atoms with Crippen molar-refractivity contribution in [3.05, 3.63) is 57.0 Å². The summed E-state index contributed by atoms with van der Waals surface area (Å²) in [7, 11) is -3.50. The zero-order valence-corrected chi connectivity index (χ0v) is 14.6. The molecular weight excluding hydrogens is 354 g/mol. The molecule has 0 aliphatic heterocycles. The molecular formula is C15H16ClN3O4S. The monoisotopic (exact) mass is 369 g/mol. The van der Waals surface area contributed by atoms with Gasteiger partial charge in [-0.25, -0.2) is 8.42 Å². The van der Waals surface area contributed by atoms with Gasteiger partial charge < -0.3 is 4.98 Å². The first-order valence-electron chi connectivity index (χ1n) is 7.02. The summed E-state index contributed by atoms with van der Waals surface area (Å²) >= 11 is 5.89. The number of aromatic amines is 1. The van der Waals surface area contributed by atoms with Gasteiger partial charge in [-0.05, 0) is 31.2 Å². The number of anilines is 1. The molecule has 0 saturated heterocycles. The van der Waals surface area contributed by atoms with Gasteiger partial charge in [-0.1, -0.05) is 18.5 Å². The van der Waals surface area contributed by atoms with Crippen molar-refractivity contribution in [1.29, 1.82) is 0 Å². The zero-order valence-electron chi connectivity index (χ0n) is 13.0. The normalized spacial score (nSPS) is 11.1. The second kappa shape index (κ2) is 7.06. The van der Waals surface area contributed by atoms with Gasteiger partial charge in [0, 0.05) is 22.3 Å². The van der Waals surface area contributed by atoms with Crippen molar-refractivity contribution in [2.24, 2.45) is 0 Å². The van der Waals surface area contributed by atoms with Gasteiger partial charge in [-0.3, -0.25) is 20.4 Å². The number of carbonyl (C=O) groups excluding carboxylic acids is 1. The van der Waals surface area contributed by atoms with Crippen LogP contribution in [0.2, 0.25) is 5.02 Å². The molecule has 0 unspecified atom stereocenters.